The number of halogens is 4. The summed E-state index contributed by atoms with van der Waals surface area (Å²) in [6.45, 7) is 17.4. The SMILES string of the molecule is CCC(=O)OC[C@@]1(CN=[N+]=[N-])O[C@@H](n2ccc(C)nc2=O)[C@H](F)[C@@H]1OC(=O)CC.CCCCC(=O)OC[C@@]1(CN=[N+]=[N-])O[C@@H](n2ccc(C)nc2=O)[C@H](F)[C@@H]1OC(=O)CCCC.CCCCCCCC(=O)O[C@H]1[C@@H](F)[C@H](n2ccc(C)nc2=O)O[C@@]1(CO)CN=[N+]=[N-].Cc1ccn([C@@H]2O[C@](CN=[N+]=[N-])(COC(=O)C(C)C)[C@@H](OC(=O)C(C)C)[C@H]2F)c(=O)n1. The fourth-order valence-corrected chi connectivity index (χ4v) is 12.7. The standard InChI is InChI=1S/C21H30FN5O6.C19H26FN5O6.C19H28FN5O5.C17H22FN5O6/c1-4-6-8-15(28)31-13-21(12-24-26-23)18(32-16(29)9-7-5-2)17(22)19(33-21)27-11-10-14(3)25-20(27)30;1-10(2)16(26)29-9-19(8-22-24-21)14(30-17(27)11(3)4)13(20)15(31-19)25-7-6-12(5)23-18(25)28;1-3-4-5-6-7-8-14(27)29-16-15(20)17(25-10-9-13(2)23-18(25)28)30-19(16,12-26)11-22-24-21;1-4-11(24)27-9-17(8-20-22-19)14(28-12(25)5-2)13(18)15(29-17)23-7-6-10(3)21-16(23)26/h10-11,17-19H,4-9,12-13H2,1-3H3;6-7,10-11,13-15H,8-9H2,1-5H3;9-10,15-17,26H,3-8,11-12H2,1-2H3;6-7,13-15H,4-5,8-9H2,1-3H3/t17-,18+,19-,21-;13-,14+,15-,19-;15-,16+,17-,19-;13-,14+,15-,17-/m1111/s1. The highest BCUT2D eigenvalue weighted by Gasteiger charge is 2.63. The Morgan fingerprint density at radius 1 is 0.415 bits per heavy atom. The van der Waals surface area contributed by atoms with Gasteiger partial charge in [0.1, 0.15) is 25.4 Å². The number of alkyl halides is 4. The lowest BCUT2D eigenvalue weighted by Gasteiger charge is -2.32. The first-order valence-electron chi connectivity index (χ1n) is 39.9. The van der Waals surface area contributed by atoms with E-state index in [1.807, 2.05) is 13.8 Å². The smallest absolute Gasteiger partial charge is 0.349 e. The zero-order chi connectivity index (χ0) is 91.5. The van der Waals surface area contributed by atoms with Crippen LogP contribution < -0.4 is 22.8 Å². The molecule has 8 heterocycles. The van der Waals surface area contributed by atoms with Crippen molar-refractivity contribution in [1.29, 1.82) is 0 Å². The van der Waals surface area contributed by atoms with Crippen molar-refractivity contribution in [2.24, 2.45) is 32.3 Å². The molecule has 4 fully saturated rings. The lowest BCUT2D eigenvalue weighted by atomic mass is 9.96. The number of carbonyl (C=O) groups is 7. The molecule has 0 amide bonds. The van der Waals surface area contributed by atoms with Crippen LogP contribution >= 0.6 is 0 Å². The van der Waals surface area contributed by atoms with E-state index in [9.17, 15) is 57.8 Å². The molecule has 4 aromatic heterocycles. The first-order chi connectivity index (χ1) is 58.4. The number of hydrogen-bond donors (Lipinski definition) is 1. The van der Waals surface area contributed by atoms with Gasteiger partial charge in [0, 0.05) is 99.3 Å². The first kappa shape index (κ1) is 102. The van der Waals surface area contributed by atoms with Gasteiger partial charge in [-0.05, 0) is 93.3 Å². The lowest BCUT2D eigenvalue weighted by molar-refractivity contribution is -0.180. The average molecular weight is 1740 g/mol. The number of hydrogen-bond acceptors (Lipinski definition) is 31. The normalized spacial score (nSPS) is 25.2. The van der Waals surface area contributed by atoms with E-state index in [4.69, 9.17) is 74.2 Å². The van der Waals surface area contributed by atoms with Gasteiger partial charge in [-0.2, -0.15) is 19.9 Å². The minimum atomic E-state index is -2.03. The Morgan fingerprint density at radius 2 is 0.699 bits per heavy atom. The van der Waals surface area contributed by atoms with Gasteiger partial charge in [0.15, 0.2) is 90.8 Å². The van der Waals surface area contributed by atoms with Crippen LogP contribution in [-0.4, -0.2) is 209 Å². The first-order valence-corrected chi connectivity index (χ1v) is 39.9. The van der Waals surface area contributed by atoms with Gasteiger partial charge in [0.2, 0.25) is 0 Å². The Hall–Kier alpha value is -11.4. The molecule has 0 aromatic carbocycles. The van der Waals surface area contributed by atoms with E-state index >= 15 is 17.6 Å². The van der Waals surface area contributed by atoms with Crippen molar-refractivity contribution in [3.63, 3.8) is 0 Å². The zero-order valence-electron chi connectivity index (χ0n) is 70.6. The second kappa shape index (κ2) is 49.0. The molecule has 16 atom stereocenters. The van der Waals surface area contributed by atoms with Gasteiger partial charge in [-0.15, -0.1) is 0 Å². The molecule has 8 rings (SSSR count). The number of rotatable bonds is 39. The Bertz CT molecular complexity index is 4710. The maximum atomic E-state index is 15.7. The number of aliphatic hydroxyl groups is 1. The number of aliphatic hydroxyl groups excluding tert-OH is 1. The van der Waals surface area contributed by atoms with Crippen molar-refractivity contribution in [3.05, 3.63) is 156 Å². The molecule has 4 aromatic rings. The molecule has 1 N–H and O–H groups in total. The summed E-state index contributed by atoms with van der Waals surface area (Å²) in [6, 6.07) is 5.97. The van der Waals surface area contributed by atoms with E-state index in [1.54, 1.807) is 62.3 Å². The van der Waals surface area contributed by atoms with Crippen molar-refractivity contribution in [2.45, 2.75) is 276 Å². The van der Waals surface area contributed by atoms with Crippen LogP contribution in [0.25, 0.3) is 41.8 Å². The van der Waals surface area contributed by atoms with Crippen LogP contribution in [0.3, 0.4) is 0 Å². The molecule has 676 valence electrons. The van der Waals surface area contributed by atoms with E-state index in [0.29, 0.717) is 42.0 Å². The molecule has 0 aliphatic carbocycles. The fraction of sp³-hybridized carbons (Fsp3) is 0.697. The molecule has 0 radical (unpaired) electrons. The second-order valence-corrected chi connectivity index (χ2v) is 29.7. The van der Waals surface area contributed by atoms with Gasteiger partial charge in [-0.1, -0.05) is 121 Å². The molecular weight excluding hydrogens is 1640 g/mol. The van der Waals surface area contributed by atoms with E-state index in [1.165, 1.54) is 56.0 Å². The third kappa shape index (κ3) is 27.8. The Labute approximate surface area is 702 Å². The summed E-state index contributed by atoms with van der Waals surface area (Å²) >= 11 is 0. The predicted octanol–water partition coefficient (Wildman–Crippen LogP) is 10.0. The predicted molar refractivity (Wildman–Crippen MR) is 422 cm³/mol. The molecule has 4 saturated heterocycles. The van der Waals surface area contributed by atoms with Crippen molar-refractivity contribution in [3.8, 4) is 0 Å². The molecule has 0 unspecified atom stereocenters. The van der Waals surface area contributed by atoms with Crippen LogP contribution in [-0.2, 0) is 85.7 Å². The van der Waals surface area contributed by atoms with E-state index in [0.717, 1.165) is 56.8 Å². The van der Waals surface area contributed by atoms with Crippen LogP contribution in [0, 0.1) is 39.5 Å². The molecule has 43 nitrogen and oxygen atoms in total. The molecule has 0 bridgehead atoms. The van der Waals surface area contributed by atoms with Crippen LogP contribution in [0.4, 0.5) is 17.6 Å². The molecule has 0 saturated carbocycles. The van der Waals surface area contributed by atoms with Crippen LogP contribution in [0.1, 0.15) is 200 Å². The molecule has 4 aliphatic rings. The van der Waals surface area contributed by atoms with Crippen molar-refractivity contribution < 1.29 is 108 Å². The number of ether oxygens (including phenoxy) is 11. The van der Waals surface area contributed by atoms with E-state index < -0.39 is 225 Å². The summed E-state index contributed by atoms with van der Waals surface area (Å²) in [4.78, 5) is 159. The van der Waals surface area contributed by atoms with E-state index in [2.05, 4.69) is 67.0 Å². The van der Waals surface area contributed by atoms with Crippen LogP contribution in [0.5, 0.6) is 0 Å². The monoisotopic (exact) mass is 1740 g/mol. The van der Waals surface area contributed by atoms with Crippen LogP contribution in [0.15, 0.2) is 88.7 Å². The minimum absolute atomic E-state index is 0.0425. The summed E-state index contributed by atoms with van der Waals surface area (Å²) in [6.07, 6.45) is -7.76. The minimum Gasteiger partial charge on any atom is -0.462 e. The quantitative estimate of drug-likeness (QED) is 0.00825. The number of aromatic nitrogens is 8. The number of carbonyl (C=O) groups excluding carboxylic acids is 7. The van der Waals surface area contributed by atoms with Crippen LogP contribution in [0.2, 0.25) is 0 Å². The Kier molecular flexibility index (Phi) is 40.7. The summed E-state index contributed by atoms with van der Waals surface area (Å²) in [5.74, 6) is -5.63. The van der Waals surface area contributed by atoms with Crippen molar-refractivity contribution in [2.75, 3.05) is 52.6 Å². The second-order valence-electron chi connectivity index (χ2n) is 29.7. The summed E-state index contributed by atoms with van der Waals surface area (Å²) in [5.41, 5.74) is 26.5. The third-order valence-electron chi connectivity index (χ3n) is 19.5. The van der Waals surface area contributed by atoms with Gasteiger partial charge < -0.3 is 57.2 Å². The topological polar surface area (TPSA) is 576 Å². The van der Waals surface area contributed by atoms with Gasteiger partial charge in [-0.25, -0.2) is 36.7 Å². The maximum Gasteiger partial charge on any atom is 0.349 e. The molecule has 0 spiro atoms. The van der Waals surface area contributed by atoms with E-state index in [-0.39, 0.29) is 32.1 Å². The molecule has 123 heavy (non-hydrogen) atoms. The summed E-state index contributed by atoms with van der Waals surface area (Å²) < 4.78 is 126. The number of aryl methyl sites for hydroxylation is 4. The summed E-state index contributed by atoms with van der Waals surface area (Å²) in [7, 11) is 0. The number of unbranched alkanes of at least 4 members (excludes halogenated alkanes) is 6. The van der Waals surface area contributed by atoms with Gasteiger partial charge in [0.25, 0.3) is 0 Å². The number of azide groups is 4. The summed E-state index contributed by atoms with van der Waals surface area (Å²) in [5, 5.41) is 23.7. The number of esters is 7. The molecular formula is C76H106F4N20O23. The zero-order valence-corrected chi connectivity index (χ0v) is 70.6. The lowest BCUT2D eigenvalue weighted by Crippen LogP contribution is -2.52. The van der Waals surface area contributed by atoms with Gasteiger partial charge >= 0.3 is 64.5 Å². The highest BCUT2D eigenvalue weighted by Crippen LogP contribution is 2.46. The number of nitrogens with zero attached hydrogens (tertiary/aromatic N) is 20. The highest BCUT2D eigenvalue weighted by molar-refractivity contribution is 5.73. The highest BCUT2D eigenvalue weighted by atomic mass is 19.1. The molecule has 4 aliphatic heterocycles. The Morgan fingerprint density at radius 3 is 1.02 bits per heavy atom. The van der Waals surface area contributed by atoms with Crippen molar-refractivity contribution in [1.82, 2.24) is 38.2 Å². The third-order valence-corrected chi connectivity index (χ3v) is 19.5. The fourth-order valence-electron chi connectivity index (χ4n) is 12.7. The van der Waals surface area contributed by atoms with Gasteiger partial charge in [0.05, 0.1) is 44.6 Å². The maximum absolute atomic E-state index is 15.7. The largest absolute Gasteiger partial charge is 0.462 e. The van der Waals surface area contributed by atoms with Crippen molar-refractivity contribution >= 4 is 41.8 Å². The average Bonchev–Trinajstić information content (AvgIpc) is 1.62. The van der Waals surface area contributed by atoms with Gasteiger partial charge in [-0.3, -0.25) is 51.8 Å². The molecule has 47 heteroatoms. The Balaban J connectivity index is 0.000000292.